The van der Waals surface area contributed by atoms with Crippen molar-refractivity contribution >= 4 is 30.3 Å². The van der Waals surface area contributed by atoms with E-state index in [0.29, 0.717) is 24.2 Å². The van der Waals surface area contributed by atoms with Gasteiger partial charge in [0.1, 0.15) is 6.61 Å². The number of carbonyl (C=O) groups is 1. The normalized spacial score (nSPS) is 13.4. The number of hydrogen-bond donors (Lipinski definition) is 1. The SMILES string of the molecule is CCCCSCCOC(=O)c1ccc2c(c1)B(O)OC2. The predicted octanol–water partition coefficient (Wildman–Crippen LogP) is 1.59. The Balaban J connectivity index is 1.80. The molecule has 0 bridgehead atoms. The van der Waals surface area contributed by atoms with Crippen molar-refractivity contribution in [1.29, 1.82) is 0 Å². The van der Waals surface area contributed by atoms with Crippen LogP contribution in [0.4, 0.5) is 0 Å². The lowest BCUT2D eigenvalue weighted by Gasteiger charge is -2.06. The predicted molar refractivity (Wildman–Crippen MR) is 81.4 cm³/mol. The molecular formula is C14H19BO4S. The van der Waals surface area contributed by atoms with Gasteiger partial charge in [0.15, 0.2) is 0 Å². The van der Waals surface area contributed by atoms with Crippen LogP contribution in [0, 0.1) is 0 Å². The largest absolute Gasteiger partial charge is 0.491 e. The van der Waals surface area contributed by atoms with E-state index >= 15 is 0 Å². The molecule has 108 valence electrons. The Morgan fingerprint density at radius 1 is 1.50 bits per heavy atom. The second-order valence-electron chi connectivity index (χ2n) is 4.68. The summed E-state index contributed by atoms with van der Waals surface area (Å²) in [6, 6.07) is 5.17. The molecule has 2 rings (SSSR count). The van der Waals surface area contributed by atoms with E-state index in [4.69, 9.17) is 9.39 Å². The maximum atomic E-state index is 11.9. The van der Waals surface area contributed by atoms with Crippen LogP contribution in [0.1, 0.15) is 35.7 Å². The maximum absolute atomic E-state index is 11.9. The number of benzene rings is 1. The van der Waals surface area contributed by atoms with Crippen molar-refractivity contribution in [2.24, 2.45) is 0 Å². The Hall–Kier alpha value is -0.975. The average molecular weight is 294 g/mol. The van der Waals surface area contributed by atoms with Crippen LogP contribution in [0.3, 0.4) is 0 Å². The lowest BCUT2D eigenvalue weighted by Crippen LogP contribution is -2.29. The molecule has 1 aliphatic heterocycles. The number of esters is 1. The van der Waals surface area contributed by atoms with Crippen molar-refractivity contribution < 1.29 is 19.2 Å². The van der Waals surface area contributed by atoms with E-state index < -0.39 is 7.12 Å². The lowest BCUT2D eigenvalue weighted by molar-refractivity contribution is 0.0530. The highest BCUT2D eigenvalue weighted by Crippen LogP contribution is 2.12. The van der Waals surface area contributed by atoms with Crippen LogP contribution in [0.2, 0.25) is 0 Å². The van der Waals surface area contributed by atoms with Gasteiger partial charge in [-0.15, -0.1) is 0 Å². The van der Waals surface area contributed by atoms with E-state index in [2.05, 4.69) is 6.92 Å². The van der Waals surface area contributed by atoms with Crippen LogP contribution in [0.5, 0.6) is 0 Å². The number of fused-ring (bicyclic) bond motifs is 1. The Bertz CT molecular complexity index is 466. The van der Waals surface area contributed by atoms with Gasteiger partial charge in [0.2, 0.25) is 0 Å². The first-order chi connectivity index (χ1) is 9.72. The molecule has 20 heavy (non-hydrogen) atoms. The Morgan fingerprint density at radius 2 is 2.35 bits per heavy atom. The van der Waals surface area contributed by atoms with Crippen molar-refractivity contribution in [3.05, 3.63) is 29.3 Å². The fourth-order valence-corrected chi connectivity index (χ4v) is 2.86. The molecule has 0 atom stereocenters. The van der Waals surface area contributed by atoms with Crippen LogP contribution >= 0.6 is 11.8 Å². The monoisotopic (exact) mass is 294 g/mol. The minimum atomic E-state index is -0.928. The third-order valence-corrected chi connectivity index (χ3v) is 4.18. The average Bonchev–Trinajstić information content (AvgIpc) is 2.83. The molecule has 0 fully saturated rings. The second-order valence-corrected chi connectivity index (χ2v) is 5.90. The van der Waals surface area contributed by atoms with Crippen molar-refractivity contribution in [3.8, 4) is 0 Å². The third-order valence-electron chi connectivity index (χ3n) is 3.15. The zero-order valence-corrected chi connectivity index (χ0v) is 12.4. The maximum Gasteiger partial charge on any atom is 0.491 e. The topological polar surface area (TPSA) is 55.8 Å². The van der Waals surface area contributed by atoms with Gasteiger partial charge in [-0.2, -0.15) is 11.8 Å². The standard InChI is InChI=1S/C14H19BO4S/c1-2-3-7-20-8-6-18-14(16)11-4-5-12-10-19-15(17)13(12)9-11/h4-5,9,17H,2-3,6-8,10H2,1H3. The molecule has 1 aromatic rings. The summed E-state index contributed by atoms with van der Waals surface area (Å²) in [7, 11) is -0.928. The lowest BCUT2D eigenvalue weighted by atomic mass is 9.79. The molecular weight excluding hydrogens is 275 g/mol. The summed E-state index contributed by atoms with van der Waals surface area (Å²) in [5, 5.41) is 9.61. The fraction of sp³-hybridized carbons (Fsp3) is 0.500. The van der Waals surface area contributed by atoms with Crippen molar-refractivity contribution in [1.82, 2.24) is 0 Å². The highest BCUT2D eigenvalue weighted by atomic mass is 32.2. The van der Waals surface area contributed by atoms with Gasteiger partial charge in [-0.05, 0) is 35.3 Å². The number of ether oxygens (including phenoxy) is 1. The minimum absolute atomic E-state index is 0.344. The van der Waals surface area contributed by atoms with Gasteiger partial charge in [-0.25, -0.2) is 4.79 Å². The van der Waals surface area contributed by atoms with Crippen LogP contribution in [-0.2, 0) is 16.0 Å². The fourth-order valence-electron chi connectivity index (χ4n) is 1.97. The van der Waals surface area contributed by atoms with Crippen LogP contribution in [0.25, 0.3) is 0 Å². The van der Waals surface area contributed by atoms with E-state index in [1.807, 2.05) is 0 Å². The zero-order chi connectivity index (χ0) is 14.4. The van der Waals surface area contributed by atoms with Crippen molar-refractivity contribution in [2.45, 2.75) is 26.4 Å². The molecule has 0 radical (unpaired) electrons. The molecule has 0 saturated carbocycles. The van der Waals surface area contributed by atoms with E-state index in [9.17, 15) is 9.82 Å². The summed E-state index contributed by atoms with van der Waals surface area (Å²) in [5.74, 6) is 1.58. The Morgan fingerprint density at radius 3 is 3.15 bits per heavy atom. The van der Waals surface area contributed by atoms with E-state index in [1.165, 1.54) is 12.8 Å². The molecule has 0 aliphatic carbocycles. The van der Waals surface area contributed by atoms with Gasteiger partial charge in [-0.1, -0.05) is 19.4 Å². The smallest absolute Gasteiger partial charge is 0.461 e. The first-order valence-corrected chi connectivity index (χ1v) is 8.05. The van der Waals surface area contributed by atoms with Crippen LogP contribution in [0.15, 0.2) is 18.2 Å². The van der Waals surface area contributed by atoms with E-state index in [1.54, 1.807) is 30.0 Å². The van der Waals surface area contributed by atoms with E-state index in [-0.39, 0.29) is 5.97 Å². The minimum Gasteiger partial charge on any atom is -0.461 e. The molecule has 1 heterocycles. The molecule has 1 N–H and O–H groups in total. The highest BCUT2D eigenvalue weighted by Gasteiger charge is 2.28. The molecule has 4 nitrogen and oxygen atoms in total. The van der Waals surface area contributed by atoms with Crippen LogP contribution in [-0.4, -0.2) is 36.2 Å². The summed E-state index contributed by atoms with van der Waals surface area (Å²) in [6.07, 6.45) is 2.38. The number of hydrogen-bond acceptors (Lipinski definition) is 5. The molecule has 0 spiro atoms. The molecule has 0 amide bonds. The molecule has 0 saturated heterocycles. The molecule has 0 aromatic heterocycles. The first kappa shape index (κ1) is 15.4. The van der Waals surface area contributed by atoms with Gasteiger partial charge < -0.3 is 14.4 Å². The highest BCUT2D eigenvalue weighted by molar-refractivity contribution is 7.99. The Kier molecular flexibility index (Phi) is 5.95. The molecule has 0 unspecified atom stereocenters. The van der Waals surface area contributed by atoms with Crippen molar-refractivity contribution in [3.63, 3.8) is 0 Å². The summed E-state index contributed by atoms with van der Waals surface area (Å²) >= 11 is 1.80. The van der Waals surface area contributed by atoms with Crippen LogP contribution < -0.4 is 5.46 Å². The van der Waals surface area contributed by atoms with Gasteiger partial charge in [-0.3, -0.25) is 0 Å². The molecule has 6 heteroatoms. The number of unbranched alkanes of at least 4 members (excludes halogenated alkanes) is 1. The molecule has 1 aliphatic rings. The second kappa shape index (κ2) is 7.71. The van der Waals surface area contributed by atoms with Gasteiger partial charge in [0.25, 0.3) is 0 Å². The first-order valence-electron chi connectivity index (χ1n) is 6.89. The Labute approximate surface area is 124 Å². The van der Waals surface area contributed by atoms with Crippen molar-refractivity contribution in [2.75, 3.05) is 18.1 Å². The van der Waals surface area contributed by atoms with Gasteiger partial charge in [0.05, 0.1) is 12.2 Å². The summed E-state index contributed by atoms with van der Waals surface area (Å²) in [5.41, 5.74) is 2.05. The van der Waals surface area contributed by atoms with E-state index in [0.717, 1.165) is 17.1 Å². The van der Waals surface area contributed by atoms with Gasteiger partial charge in [0, 0.05) is 5.75 Å². The number of carbonyl (C=O) groups excluding carboxylic acids is 1. The summed E-state index contributed by atoms with van der Waals surface area (Å²) < 4.78 is 10.3. The van der Waals surface area contributed by atoms with Gasteiger partial charge >= 0.3 is 13.1 Å². The number of thioether (sulfide) groups is 1. The third kappa shape index (κ3) is 4.01. The zero-order valence-electron chi connectivity index (χ0n) is 11.6. The summed E-state index contributed by atoms with van der Waals surface area (Å²) in [6.45, 7) is 2.97. The molecule has 1 aromatic carbocycles. The number of rotatable bonds is 7. The summed E-state index contributed by atoms with van der Waals surface area (Å²) in [4.78, 5) is 11.9. The quantitative estimate of drug-likeness (QED) is 0.470.